The first-order valence-corrected chi connectivity index (χ1v) is 8.80. The molecule has 26 heavy (non-hydrogen) atoms. The van der Waals surface area contributed by atoms with Crippen molar-refractivity contribution in [2.75, 3.05) is 27.9 Å². The van der Waals surface area contributed by atoms with Crippen LogP contribution in [-0.4, -0.2) is 38.7 Å². The lowest BCUT2D eigenvalue weighted by Crippen LogP contribution is -2.31. The van der Waals surface area contributed by atoms with Crippen molar-refractivity contribution >= 4 is 5.91 Å². The average Bonchev–Trinajstić information content (AvgIpc) is 3.18. The van der Waals surface area contributed by atoms with Crippen LogP contribution >= 0.6 is 0 Å². The molecule has 1 saturated heterocycles. The number of rotatable bonds is 6. The molecule has 0 N–H and O–H groups in total. The van der Waals surface area contributed by atoms with Crippen LogP contribution in [0.5, 0.6) is 17.2 Å². The molecule has 1 aliphatic rings. The van der Waals surface area contributed by atoms with Gasteiger partial charge in [-0.15, -0.1) is 0 Å². The fourth-order valence-corrected chi connectivity index (χ4v) is 3.49. The Balaban J connectivity index is 1.75. The first kappa shape index (κ1) is 18.1. The summed E-state index contributed by atoms with van der Waals surface area (Å²) in [5.41, 5.74) is 2.08. The summed E-state index contributed by atoms with van der Waals surface area (Å²) in [6.07, 6.45) is 2.37. The Kier molecular flexibility index (Phi) is 5.66. The summed E-state index contributed by atoms with van der Waals surface area (Å²) in [4.78, 5) is 14.8. The third-order valence-corrected chi connectivity index (χ3v) is 4.88. The van der Waals surface area contributed by atoms with Gasteiger partial charge in [-0.2, -0.15) is 0 Å². The molecule has 3 rings (SSSR count). The lowest BCUT2D eigenvalue weighted by atomic mass is 10.0. The molecule has 1 amide bonds. The lowest BCUT2D eigenvalue weighted by Gasteiger charge is -2.26. The van der Waals surface area contributed by atoms with Crippen LogP contribution in [0.2, 0.25) is 0 Å². The van der Waals surface area contributed by atoms with Gasteiger partial charge in [0.25, 0.3) is 0 Å². The van der Waals surface area contributed by atoms with Crippen LogP contribution < -0.4 is 14.2 Å². The highest BCUT2D eigenvalue weighted by Gasteiger charge is 2.30. The van der Waals surface area contributed by atoms with Crippen LogP contribution in [0.15, 0.2) is 42.5 Å². The molecular weight excluding hydrogens is 330 g/mol. The van der Waals surface area contributed by atoms with Gasteiger partial charge >= 0.3 is 0 Å². The van der Waals surface area contributed by atoms with E-state index in [4.69, 9.17) is 14.2 Å². The van der Waals surface area contributed by atoms with Gasteiger partial charge in [-0.3, -0.25) is 4.79 Å². The van der Waals surface area contributed by atoms with Crippen molar-refractivity contribution in [2.24, 2.45) is 0 Å². The van der Waals surface area contributed by atoms with Crippen molar-refractivity contribution in [1.82, 2.24) is 4.90 Å². The molecule has 0 unspecified atom stereocenters. The second kappa shape index (κ2) is 8.13. The van der Waals surface area contributed by atoms with Crippen molar-refractivity contribution in [3.63, 3.8) is 0 Å². The highest BCUT2D eigenvalue weighted by atomic mass is 16.5. The van der Waals surface area contributed by atoms with Gasteiger partial charge in [0.15, 0.2) is 11.5 Å². The second-order valence-electron chi connectivity index (χ2n) is 6.38. The van der Waals surface area contributed by atoms with E-state index < -0.39 is 0 Å². The number of benzene rings is 2. The summed E-state index contributed by atoms with van der Waals surface area (Å²) in [6, 6.07) is 13.6. The molecule has 1 fully saturated rings. The number of hydrogen-bond acceptors (Lipinski definition) is 4. The van der Waals surface area contributed by atoms with Crippen LogP contribution in [0.1, 0.15) is 30.0 Å². The van der Waals surface area contributed by atoms with Gasteiger partial charge in [0, 0.05) is 6.54 Å². The van der Waals surface area contributed by atoms with Crippen molar-refractivity contribution in [3.05, 3.63) is 53.6 Å². The summed E-state index contributed by atoms with van der Waals surface area (Å²) in [5, 5.41) is 0. The van der Waals surface area contributed by atoms with Crippen LogP contribution in [0, 0.1) is 0 Å². The Morgan fingerprint density at radius 1 is 1.00 bits per heavy atom. The molecule has 2 aromatic carbocycles. The van der Waals surface area contributed by atoms with Crippen molar-refractivity contribution in [1.29, 1.82) is 0 Å². The van der Waals surface area contributed by atoms with Gasteiger partial charge in [0.2, 0.25) is 5.91 Å². The number of methoxy groups -OCH3 is 3. The second-order valence-corrected chi connectivity index (χ2v) is 6.38. The van der Waals surface area contributed by atoms with E-state index in [0.29, 0.717) is 17.9 Å². The molecule has 1 aliphatic heterocycles. The van der Waals surface area contributed by atoms with E-state index in [-0.39, 0.29) is 11.9 Å². The van der Waals surface area contributed by atoms with Crippen molar-refractivity contribution in [2.45, 2.75) is 25.3 Å². The largest absolute Gasteiger partial charge is 0.497 e. The van der Waals surface area contributed by atoms with Crippen molar-refractivity contribution < 1.29 is 19.0 Å². The first-order chi connectivity index (χ1) is 12.7. The average molecular weight is 355 g/mol. The third-order valence-electron chi connectivity index (χ3n) is 4.88. The number of nitrogens with zero attached hydrogens (tertiary/aromatic N) is 1. The molecule has 2 aromatic rings. The normalized spacial score (nSPS) is 16.4. The summed E-state index contributed by atoms with van der Waals surface area (Å²) < 4.78 is 15.9. The molecule has 0 spiro atoms. The summed E-state index contributed by atoms with van der Waals surface area (Å²) >= 11 is 0. The highest BCUT2D eigenvalue weighted by molar-refractivity contribution is 5.79. The van der Waals surface area contributed by atoms with E-state index in [1.54, 1.807) is 21.3 Å². The maximum Gasteiger partial charge on any atom is 0.227 e. The monoisotopic (exact) mass is 355 g/mol. The molecule has 0 aromatic heterocycles. The van der Waals surface area contributed by atoms with Gasteiger partial charge in [-0.1, -0.05) is 18.2 Å². The Bertz CT molecular complexity index is 757. The number of hydrogen-bond donors (Lipinski definition) is 0. The molecule has 0 bridgehead atoms. The molecule has 5 heteroatoms. The zero-order valence-electron chi connectivity index (χ0n) is 15.5. The molecule has 0 radical (unpaired) electrons. The maximum atomic E-state index is 12.9. The lowest BCUT2D eigenvalue weighted by molar-refractivity contribution is -0.131. The molecular formula is C21H25NO4. The zero-order valence-corrected chi connectivity index (χ0v) is 15.5. The molecule has 5 nitrogen and oxygen atoms in total. The van der Waals surface area contributed by atoms with E-state index in [2.05, 4.69) is 0 Å². The molecule has 0 saturated carbocycles. The molecule has 0 aliphatic carbocycles. The summed E-state index contributed by atoms with van der Waals surface area (Å²) in [6.45, 7) is 0.786. The maximum absolute atomic E-state index is 12.9. The minimum Gasteiger partial charge on any atom is -0.497 e. The summed E-state index contributed by atoms with van der Waals surface area (Å²) in [7, 11) is 4.89. The molecule has 1 heterocycles. The van der Waals surface area contributed by atoms with Gasteiger partial charge in [0.1, 0.15) is 5.75 Å². The Morgan fingerprint density at radius 2 is 1.73 bits per heavy atom. The number of carbonyl (C=O) groups excluding carboxylic acids is 1. The molecule has 138 valence electrons. The number of ether oxygens (including phenoxy) is 3. The van der Waals surface area contributed by atoms with E-state index in [9.17, 15) is 4.79 Å². The smallest absolute Gasteiger partial charge is 0.227 e. The van der Waals surface area contributed by atoms with E-state index in [0.717, 1.165) is 36.3 Å². The SMILES string of the molecule is COc1ccc(CC(=O)N2CCC[C@H]2c2ccc(OC)c(OC)c2)cc1. The highest BCUT2D eigenvalue weighted by Crippen LogP contribution is 2.37. The minimum absolute atomic E-state index is 0.0838. The molecule has 1 atom stereocenters. The number of likely N-dealkylation sites (tertiary alicyclic amines) is 1. The quantitative estimate of drug-likeness (QED) is 0.794. The fourth-order valence-electron chi connectivity index (χ4n) is 3.49. The standard InChI is InChI=1S/C21H25NO4/c1-24-17-9-6-15(7-10-17)13-21(23)22-12-4-5-18(22)16-8-11-19(25-2)20(14-16)26-3/h6-11,14,18H,4-5,12-13H2,1-3H3/t18-/m0/s1. The van der Waals surface area contributed by atoms with E-state index in [1.165, 1.54) is 0 Å². The van der Waals surface area contributed by atoms with E-state index in [1.807, 2.05) is 47.4 Å². The summed E-state index contributed by atoms with van der Waals surface area (Å²) in [5.74, 6) is 2.34. The van der Waals surface area contributed by atoms with Crippen LogP contribution in [-0.2, 0) is 11.2 Å². The predicted octanol–water partition coefficient (Wildman–Crippen LogP) is 3.62. The van der Waals surface area contributed by atoms with E-state index >= 15 is 0 Å². The third kappa shape index (κ3) is 3.77. The van der Waals surface area contributed by atoms with Gasteiger partial charge < -0.3 is 19.1 Å². The number of carbonyl (C=O) groups is 1. The Morgan fingerprint density at radius 3 is 2.38 bits per heavy atom. The van der Waals surface area contributed by atoms with Gasteiger partial charge in [-0.25, -0.2) is 0 Å². The zero-order chi connectivity index (χ0) is 18.5. The Labute approximate surface area is 154 Å². The first-order valence-electron chi connectivity index (χ1n) is 8.80. The van der Waals surface area contributed by atoms with Crippen LogP contribution in [0.4, 0.5) is 0 Å². The fraction of sp³-hybridized carbons (Fsp3) is 0.381. The van der Waals surface area contributed by atoms with Gasteiger partial charge in [-0.05, 0) is 48.2 Å². The number of amides is 1. The predicted molar refractivity (Wildman–Crippen MR) is 99.9 cm³/mol. The van der Waals surface area contributed by atoms with Crippen molar-refractivity contribution in [3.8, 4) is 17.2 Å². The van der Waals surface area contributed by atoms with Gasteiger partial charge in [0.05, 0.1) is 33.8 Å². The Hall–Kier alpha value is -2.69. The topological polar surface area (TPSA) is 48.0 Å². The minimum atomic E-state index is 0.0838. The van der Waals surface area contributed by atoms with Crippen LogP contribution in [0.25, 0.3) is 0 Å². The van der Waals surface area contributed by atoms with Crippen LogP contribution in [0.3, 0.4) is 0 Å².